The lowest BCUT2D eigenvalue weighted by Gasteiger charge is -2.38. The largest absolute Gasteiger partial charge is 0.357 e. The number of aromatic amines is 1. The Morgan fingerprint density at radius 3 is 2.66 bits per heavy atom. The van der Waals surface area contributed by atoms with E-state index in [4.69, 9.17) is 0 Å². The van der Waals surface area contributed by atoms with Gasteiger partial charge in [0.25, 0.3) is 5.56 Å². The topological polar surface area (TPSA) is 79.7 Å². The molecule has 0 saturated heterocycles. The second-order valence-corrected chi connectivity index (χ2v) is 10.2. The first-order valence-corrected chi connectivity index (χ1v) is 12.9. The number of pyridine rings is 1. The Hall–Kier alpha value is -3.48. The number of aryl methyl sites for hydroxylation is 3. The van der Waals surface area contributed by atoms with Crippen molar-refractivity contribution < 1.29 is 0 Å². The van der Waals surface area contributed by atoms with Crippen LogP contribution in [0.25, 0.3) is 10.9 Å². The van der Waals surface area contributed by atoms with Gasteiger partial charge in [-0.1, -0.05) is 37.5 Å². The molecule has 1 atom stereocenters. The Labute approximate surface area is 205 Å². The number of fused-ring (bicyclic) bond motifs is 2. The van der Waals surface area contributed by atoms with Gasteiger partial charge in [0.2, 0.25) is 0 Å². The SMILES string of the molecule is Cc1cc2cc([C@@H](c3nnnn3C3CCCCC3)N3CCCc4ccccc43)c(=O)[nH]c2cc1C. The van der Waals surface area contributed by atoms with Gasteiger partial charge in [-0.2, -0.15) is 0 Å². The summed E-state index contributed by atoms with van der Waals surface area (Å²) in [6, 6.07) is 14.7. The van der Waals surface area contributed by atoms with E-state index in [2.05, 4.69) is 81.7 Å². The van der Waals surface area contributed by atoms with E-state index >= 15 is 0 Å². The van der Waals surface area contributed by atoms with Gasteiger partial charge >= 0.3 is 0 Å². The van der Waals surface area contributed by atoms with Crippen molar-refractivity contribution in [1.82, 2.24) is 25.2 Å². The van der Waals surface area contributed by atoms with E-state index in [1.165, 1.54) is 41.6 Å². The van der Waals surface area contributed by atoms with Crippen molar-refractivity contribution >= 4 is 16.6 Å². The van der Waals surface area contributed by atoms with Crippen LogP contribution in [0.15, 0.2) is 47.3 Å². The highest BCUT2D eigenvalue weighted by Crippen LogP contribution is 2.38. The predicted molar refractivity (Wildman–Crippen MR) is 138 cm³/mol. The molecular weight excluding hydrogens is 436 g/mol. The fourth-order valence-electron chi connectivity index (χ4n) is 5.94. The smallest absolute Gasteiger partial charge is 0.254 e. The molecule has 180 valence electrons. The number of rotatable bonds is 4. The van der Waals surface area contributed by atoms with Crippen LogP contribution in [0.2, 0.25) is 0 Å². The Morgan fingerprint density at radius 1 is 1.00 bits per heavy atom. The number of nitrogens with zero attached hydrogens (tertiary/aromatic N) is 5. The minimum absolute atomic E-state index is 0.0769. The molecule has 7 heteroatoms. The third kappa shape index (κ3) is 3.93. The molecule has 0 radical (unpaired) electrons. The Kier molecular flexibility index (Phi) is 5.63. The molecule has 0 unspecified atom stereocenters. The number of hydrogen-bond acceptors (Lipinski definition) is 5. The number of aromatic nitrogens is 5. The summed E-state index contributed by atoms with van der Waals surface area (Å²) in [5.41, 5.74) is 6.35. The van der Waals surface area contributed by atoms with E-state index < -0.39 is 0 Å². The third-order valence-corrected chi connectivity index (χ3v) is 7.92. The summed E-state index contributed by atoms with van der Waals surface area (Å²) in [7, 11) is 0. The lowest BCUT2D eigenvalue weighted by molar-refractivity contribution is 0.313. The summed E-state index contributed by atoms with van der Waals surface area (Å²) in [6.45, 7) is 5.04. The van der Waals surface area contributed by atoms with Gasteiger partial charge in [-0.15, -0.1) is 5.10 Å². The van der Waals surface area contributed by atoms with E-state index in [0.717, 1.165) is 49.0 Å². The minimum Gasteiger partial charge on any atom is -0.357 e. The monoisotopic (exact) mass is 468 g/mol. The lowest BCUT2D eigenvalue weighted by Crippen LogP contribution is -2.39. The molecule has 1 aliphatic carbocycles. The summed E-state index contributed by atoms with van der Waals surface area (Å²) >= 11 is 0. The number of anilines is 1. The normalized spacial score (nSPS) is 17.5. The van der Waals surface area contributed by atoms with Crippen molar-refractivity contribution in [2.24, 2.45) is 0 Å². The summed E-state index contributed by atoms with van der Waals surface area (Å²) in [5.74, 6) is 0.766. The summed E-state index contributed by atoms with van der Waals surface area (Å²) in [5, 5.41) is 14.2. The molecule has 0 amide bonds. The fourth-order valence-corrected chi connectivity index (χ4v) is 5.94. The molecule has 1 N–H and O–H groups in total. The van der Waals surface area contributed by atoms with Gasteiger partial charge in [0, 0.05) is 23.3 Å². The quantitative estimate of drug-likeness (QED) is 0.446. The highest BCUT2D eigenvalue weighted by molar-refractivity contribution is 5.81. The molecule has 4 aromatic rings. The highest BCUT2D eigenvalue weighted by atomic mass is 16.1. The number of nitrogens with one attached hydrogen (secondary N) is 1. The number of para-hydroxylation sites is 1. The van der Waals surface area contributed by atoms with E-state index in [9.17, 15) is 4.79 Å². The Bertz CT molecular complexity index is 1430. The van der Waals surface area contributed by atoms with Crippen LogP contribution in [-0.2, 0) is 6.42 Å². The van der Waals surface area contributed by atoms with Gasteiger partial charge < -0.3 is 9.88 Å². The van der Waals surface area contributed by atoms with Crippen LogP contribution in [0.3, 0.4) is 0 Å². The van der Waals surface area contributed by atoms with Crippen LogP contribution in [0, 0.1) is 13.8 Å². The molecule has 2 aromatic carbocycles. The molecule has 1 fully saturated rings. The predicted octanol–water partition coefficient (Wildman–Crippen LogP) is 5.18. The first-order valence-electron chi connectivity index (χ1n) is 12.9. The molecule has 1 aliphatic heterocycles. The maximum absolute atomic E-state index is 13.6. The molecule has 2 aliphatic rings. The van der Waals surface area contributed by atoms with Crippen molar-refractivity contribution in [1.29, 1.82) is 0 Å². The zero-order chi connectivity index (χ0) is 23.9. The number of H-pyrrole nitrogens is 1. The maximum atomic E-state index is 13.6. The standard InChI is InChI=1S/C28H32N6O/c1-18-15-21-17-23(28(35)29-24(21)16-19(18)2)26(33-14-8-10-20-9-6-7-13-25(20)33)27-30-31-32-34(27)22-11-4-3-5-12-22/h6-7,9,13,15-17,22,26H,3-5,8,10-12,14H2,1-2H3,(H,29,35)/t26-/m0/s1. The van der Waals surface area contributed by atoms with Crippen LogP contribution in [0.5, 0.6) is 0 Å². The molecule has 1 saturated carbocycles. The zero-order valence-electron chi connectivity index (χ0n) is 20.5. The van der Waals surface area contributed by atoms with Crippen LogP contribution >= 0.6 is 0 Å². The molecule has 2 aromatic heterocycles. The Balaban J connectivity index is 1.56. The molecular formula is C28H32N6O. The molecule has 0 spiro atoms. The van der Waals surface area contributed by atoms with Crippen molar-refractivity contribution in [3.63, 3.8) is 0 Å². The zero-order valence-corrected chi connectivity index (χ0v) is 20.5. The van der Waals surface area contributed by atoms with Gasteiger partial charge in [0.15, 0.2) is 5.82 Å². The summed E-state index contributed by atoms with van der Waals surface area (Å²) in [6.07, 6.45) is 7.87. The van der Waals surface area contributed by atoms with E-state index in [-0.39, 0.29) is 17.6 Å². The number of tetrazole rings is 1. The average Bonchev–Trinajstić information content (AvgIpc) is 3.36. The molecule has 0 bridgehead atoms. The van der Waals surface area contributed by atoms with Gasteiger partial charge in [-0.3, -0.25) is 4.79 Å². The average molecular weight is 469 g/mol. The van der Waals surface area contributed by atoms with Crippen molar-refractivity contribution in [3.05, 3.63) is 80.9 Å². The fraction of sp³-hybridized carbons (Fsp3) is 0.429. The van der Waals surface area contributed by atoms with Crippen LogP contribution in [-0.4, -0.2) is 31.7 Å². The van der Waals surface area contributed by atoms with E-state index in [1.54, 1.807) is 0 Å². The number of benzene rings is 2. The molecule has 3 heterocycles. The van der Waals surface area contributed by atoms with Crippen molar-refractivity contribution in [2.75, 3.05) is 11.4 Å². The summed E-state index contributed by atoms with van der Waals surface area (Å²) in [4.78, 5) is 19.2. The van der Waals surface area contributed by atoms with E-state index in [1.807, 2.05) is 4.68 Å². The maximum Gasteiger partial charge on any atom is 0.254 e. The van der Waals surface area contributed by atoms with Crippen LogP contribution in [0.1, 0.15) is 78.7 Å². The van der Waals surface area contributed by atoms with Gasteiger partial charge in [0.1, 0.15) is 6.04 Å². The lowest BCUT2D eigenvalue weighted by atomic mass is 9.93. The first kappa shape index (κ1) is 22.0. The molecule has 7 nitrogen and oxygen atoms in total. The van der Waals surface area contributed by atoms with Gasteiger partial charge in [-0.25, -0.2) is 4.68 Å². The minimum atomic E-state index is -0.358. The highest BCUT2D eigenvalue weighted by Gasteiger charge is 2.34. The molecule has 6 rings (SSSR count). The summed E-state index contributed by atoms with van der Waals surface area (Å²) < 4.78 is 2.02. The van der Waals surface area contributed by atoms with Crippen molar-refractivity contribution in [3.8, 4) is 0 Å². The van der Waals surface area contributed by atoms with Gasteiger partial charge in [-0.05, 0) is 96.3 Å². The first-order chi connectivity index (χ1) is 17.1. The second-order valence-electron chi connectivity index (χ2n) is 10.2. The number of hydrogen-bond donors (Lipinski definition) is 1. The van der Waals surface area contributed by atoms with Crippen LogP contribution in [0.4, 0.5) is 5.69 Å². The molecule has 35 heavy (non-hydrogen) atoms. The van der Waals surface area contributed by atoms with Gasteiger partial charge in [0.05, 0.1) is 6.04 Å². The third-order valence-electron chi connectivity index (χ3n) is 7.92. The Morgan fingerprint density at radius 2 is 1.80 bits per heavy atom. The van der Waals surface area contributed by atoms with E-state index in [0.29, 0.717) is 5.56 Å². The van der Waals surface area contributed by atoms with Crippen LogP contribution < -0.4 is 10.5 Å². The second kappa shape index (κ2) is 8.95. The van der Waals surface area contributed by atoms with Crippen molar-refractivity contribution in [2.45, 2.75) is 70.9 Å².